The van der Waals surface area contributed by atoms with Crippen LogP contribution in [0.4, 0.5) is 0 Å². The number of nitrogens with zero attached hydrogens (tertiary/aromatic N) is 4. The van der Waals surface area contributed by atoms with Gasteiger partial charge in [0.15, 0.2) is 0 Å². The number of hydrogen-bond donors (Lipinski definition) is 0. The fourth-order valence-corrected chi connectivity index (χ4v) is 9.07. The molecule has 0 saturated carbocycles. The molecule has 0 radical (unpaired) electrons. The molecule has 1 aliphatic carbocycles. The Kier molecular flexibility index (Phi) is 7.17. The highest BCUT2D eigenvalue weighted by molar-refractivity contribution is 6.22. The minimum atomic E-state index is -0.152. The summed E-state index contributed by atoms with van der Waals surface area (Å²) < 4.78 is 2.28. The zero-order valence-electron chi connectivity index (χ0n) is 31.1. The lowest BCUT2D eigenvalue weighted by Gasteiger charge is -2.24. The van der Waals surface area contributed by atoms with E-state index in [1.807, 2.05) is 30.6 Å². The van der Waals surface area contributed by atoms with E-state index in [9.17, 15) is 0 Å². The van der Waals surface area contributed by atoms with E-state index >= 15 is 0 Å². The Morgan fingerprint density at radius 2 is 1.16 bits per heavy atom. The maximum Gasteiger partial charge on any atom is 0.145 e. The van der Waals surface area contributed by atoms with E-state index in [2.05, 4.69) is 175 Å². The topological polar surface area (TPSA) is 43.6 Å². The first kappa shape index (κ1) is 32.3. The molecule has 3 heterocycles. The maximum absolute atomic E-state index is 5.24. The van der Waals surface area contributed by atoms with E-state index in [0.29, 0.717) is 0 Å². The number of fused-ring (bicyclic) bond motifs is 6. The second kappa shape index (κ2) is 12.4. The Hall–Kier alpha value is -7.17. The molecule has 4 heteroatoms. The summed E-state index contributed by atoms with van der Waals surface area (Å²) in [6.45, 7) is 4.72. The van der Waals surface area contributed by atoms with Crippen molar-refractivity contribution in [3.63, 3.8) is 0 Å². The molecule has 0 amide bonds. The van der Waals surface area contributed by atoms with Gasteiger partial charge in [0, 0.05) is 34.6 Å². The number of imidazole rings is 1. The van der Waals surface area contributed by atoms with Crippen LogP contribution in [0, 0.1) is 0 Å². The predicted molar refractivity (Wildman–Crippen MR) is 231 cm³/mol. The molecule has 264 valence electrons. The number of hydrogen-bond acceptors (Lipinski definition) is 3. The highest BCUT2D eigenvalue weighted by atomic mass is 15.1. The van der Waals surface area contributed by atoms with Crippen LogP contribution in [-0.4, -0.2) is 19.5 Å². The van der Waals surface area contributed by atoms with Crippen molar-refractivity contribution >= 4 is 32.6 Å². The lowest BCUT2D eigenvalue weighted by molar-refractivity contribution is 0.661. The number of pyridine rings is 2. The first-order valence-corrected chi connectivity index (χ1v) is 19.2. The van der Waals surface area contributed by atoms with Gasteiger partial charge >= 0.3 is 0 Å². The smallest absolute Gasteiger partial charge is 0.145 e. The Balaban J connectivity index is 1.20. The number of aromatic nitrogens is 4. The summed E-state index contributed by atoms with van der Waals surface area (Å²) in [5.41, 5.74) is 15.7. The minimum Gasteiger partial charge on any atom is -0.292 e. The van der Waals surface area contributed by atoms with Gasteiger partial charge in [-0.25, -0.2) is 4.98 Å². The minimum absolute atomic E-state index is 0.152. The van der Waals surface area contributed by atoms with E-state index in [4.69, 9.17) is 9.97 Å². The van der Waals surface area contributed by atoms with Gasteiger partial charge in [-0.1, -0.05) is 123 Å². The molecule has 0 spiro atoms. The van der Waals surface area contributed by atoms with Crippen molar-refractivity contribution in [1.82, 2.24) is 19.5 Å². The van der Waals surface area contributed by atoms with E-state index < -0.39 is 0 Å². The lowest BCUT2D eigenvalue weighted by atomic mass is 9.79. The van der Waals surface area contributed by atoms with Crippen molar-refractivity contribution in [2.75, 3.05) is 0 Å². The van der Waals surface area contributed by atoms with Crippen LogP contribution in [-0.2, 0) is 5.41 Å². The number of para-hydroxylation sites is 3. The van der Waals surface area contributed by atoms with Gasteiger partial charge in [-0.2, -0.15) is 0 Å². The van der Waals surface area contributed by atoms with Gasteiger partial charge in [0.25, 0.3) is 0 Å². The summed E-state index contributed by atoms with van der Waals surface area (Å²) in [4.78, 5) is 14.8. The monoisotopic (exact) mass is 716 g/mol. The molecule has 0 saturated heterocycles. The van der Waals surface area contributed by atoms with Crippen LogP contribution in [0.2, 0.25) is 0 Å². The molecule has 10 aromatic rings. The van der Waals surface area contributed by atoms with E-state index in [1.54, 1.807) is 0 Å². The third kappa shape index (κ3) is 4.89. The molecule has 56 heavy (non-hydrogen) atoms. The quantitative estimate of drug-likeness (QED) is 0.167. The molecule has 0 aliphatic heterocycles. The van der Waals surface area contributed by atoms with Gasteiger partial charge in [0.1, 0.15) is 5.82 Å². The molecular weight excluding hydrogens is 681 g/mol. The van der Waals surface area contributed by atoms with Gasteiger partial charge in [0.2, 0.25) is 0 Å². The van der Waals surface area contributed by atoms with Crippen LogP contribution in [0.15, 0.2) is 182 Å². The van der Waals surface area contributed by atoms with Crippen molar-refractivity contribution < 1.29 is 0 Å². The molecule has 0 N–H and O–H groups in total. The summed E-state index contributed by atoms with van der Waals surface area (Å²) in [6, 6.07) is 60.9. The Labute approximate surface area is 325 Å². The zero-order chi connectivity index (χ0) is 37.4. The van der Waals surface area contributed by atoms with Gasteiger partial charge < -0.3 is 0 Å². The molecule has 11 rings (SSSR count). The van der Waals surface area contributed by atoms with Crippen LogP contribution >= 0.6 is 0 Å². The van der Waals surface area contributed by atoms with Gasteiger partial charge in [-0.3, -0.25) is 14.5 Å². The molecule has 3 aromatic heterocycles. The van der Waals surface area contributed by atoms with E-state index in [0.717, 1.165) is 50.6 Å². The van der Waals surface area contributed by atoms with Gasteiger partial charge in [-0.05, 0) is 121 Å². The largest absolute Gasteiger partial charge is 0.292 e. The molecule has 0 bridgehead atoms. The van der Waals surface area contributed by atoms with Crippen molar-refractivity contribution in [3.8, 4) is 61.8 Å². The highest BCUT2D eigenvalue weighted by Crippen LogP contribution is 2.53. The fraction of sp³-hybridized carbons (Fsp3) is 0.0577. The Morgan fingerprint density at radius 1 is 0.464 bits per heavy atom. The fourth-order valence-electron chi connectivity index (χ4n) is 9.07. The highest BCUT2D eigenvalue weighted by Gasteiger charge is 2.36. The zero-order valence-corrected chi connectivity index (χ0v) is 31.1. The van der Waals surface area contributed by atoms with Crippen LogP contribution in [0.5, 0.6) is 0 Å². The summed E-state index contributed by atoms with van der Waals surface area (Å²) in [6.07, 6.45) is 3.84. The van der Waals surface area contributed by atoms with E-state index in [-0.39, 0.29) is 5.41 Å². The van der Waals surface area contributed by atoms with Crippen LogP contribution < -0.4 is 0 Å². The van der Waals surface area contributed by atoms with Crippen LogP contribution in [0.1, 0.15) is 25.0 Å². The molecule has 4 nitrogen and oxygen atoms in total. The van der Waals surface area contributed by atoms with Crippen molar-refractivity contribution in [3.05, 3.63) is 193 Å². The Morgan fingerprint density at radius 3 is 1.96 bits per heavy atom. The summed E-state index contributed by atoms with van der Waals surface area (Å²) >= 11 is 0. The van der Waals surface area contributed by atoms with Crippen molar-refractivity contribution in [1.29, 1.82) is 0 Å². The van der Waals surface area contributed by atoms with Crippen LogP contribution in [0.3, 0.4) is 0 Å². The average Bonchev–Trinajstić information content (AvgIpc) is 3.75. The second-order valence-corrected chi connectivity index (χ2v) is 15.2. The van der Waals surface area contributed by atoms with Crippen molar-refractivity contribution in [2.45, 2.75) is 19.3 Å². The summed E-state index contributed by atoms with van der Waals surface area (Å²) in [5, 5.41) is 4.82. The standard InChI is InChI=1S/C52H36N4/c1-52(2)43-22-9-8-19-37(43)40-30-41-42(31-44(40)52)50(35-26-27-46(54-32-35)45-23-12-13-28-53-45)39-21-7-6-20-38(39)49(41)33-15-14-16-34(29-33)51-55-47-24-10-11-25-48(47)56(51)36-17-4-3-5-18-36/h3-32H,1-2H3. The average molecular weight is 717 g/mol. The normalized spacial score (nSPS) is 13.0. The lowest BCUT2D eigenvalue weighted by Crippen LogP contribution is -2.14. The summed E-state index contributed by atoms with van der Waals surface area (Å²) in [7, 11) is 0. The predicted octanol–water partition coefficient (Wildman–Crippen LogP) is 13.1. The van der Waals surface area contributed by atoms with Crippen LogP contribution in [0.25, 0.3) is 94.4 Å². The van der Waals surface area contributed by atoms with Crippen molar-refractivity contribution in [2.24, 2.45) is 0 Å². The molecule has 0 atom stereocenters. The molecule has 0 fully saturated rings. The van der Waals surface area contributed by atoms with E-state index in [1.165, 1.54) is 54.9 Å². The maximum atomic E-state index is 5.24. The third-order valence-corrected chi connectivity index (χ3v) is 11.7. The summed E-state index contributed by atoms with van der Waals surface area (Å²) in [5.74, 6) is 0.917. The van der Waals surface area contributed by atoms with Gasteiger partial charge in [0.05, 0.1) is 22.4 Å². The third-order valence-electron chi connectivity index (χ3n) is 11.7. The number of benzene rings is 7. The molecule has 0 unspecified atom stereocenters. The SMILES string of the molecule is CC1(C)c2ccccc2-c2cc3c(-c4cccc(-c5nc6ccccc6n5-c5ccccc5)c4)c4ccccc4c(-c4ccc(-c5ccccn5)nc4)c3cc21. The second-order valence-electron chi connectivity index (χ2n) is 15.2. The first-order valence-electron chi connectivity index (χ1n) is 19.2. The molecule has 7 aromatic carbocycles. The number of rotatable bonds is 5. The first-order chi connectivity index (χ1) is 27.5. The van der Waals surface area contributed by atoms with Gasteiger partial charge in [-0.15, -0.1) is 0 Å². The molecular formula is C52H36N4. The molecule has 1 aliphatic rings. The Bertz CT molecular complexity index is 3140.